The van der Waals surface area contributed by atoms with Crippen LogP contribution in [0, 0.1) is 17.8 Å². The molecule has 0 fully saturated rings. The molecule has 97 heavy (non-hydrogen) atoms. The quantitative estimate of drug-likeness (QED) is 0.0178. The van der Waals surface area contributed by atoms with E-state index in [-0.39, 0.29) is 52.6 Å². The van der Waals surface area contributed by atoms with Crippen LogP contribution in [0.2, 0.25) is 0 Å². The van der Waals surface area contributed by atoms with Crippen molar-refractivity contribution in [3.05, 3.63) is 114 Å². The van der Waals surface area contributed by atoms with E-state index in [1.807, 2.05) is 106 Å². The van der Waals surface area contributed by atoms with Gasteiger partial charge in [-0.25, -0.2) is 16.8 Å². The fourth-order valence-electron chi connectivity index (χ4n) is 12.6. The number of halogens is 1. The number of aliphatic hydroxyl groups excluding tert-OH is 12. The van der Waals surface area contributed by atoms with Crippen LogP contribution < -0.4 is 31.5 Å². The maximum Gasteiger partial charge on any atom is 0.224 e. The highest BCUT2D eigenvalue weighted by Crippen LogP contribution is 2.51. The summed E-state index contributed by atoms with van der Waals surface area (Å²) in [4.78, 5) is 29.7. The summed E-state index contributed by atoms with van der Waals surface area (Å²) < 4.78 is 55.3. The van der Waals surface area contributed by atoms with Crippen LogP contribution in [0.15, 0.2) is 94.7 Å². The first-order valence-corrected chi connectivity index (χ1v) is 37.9. The summed E-state index contributed by atoms with van der Waals surface area (Å²) in [5.74, 6) is -1.72. The number of fused-ring (bicyclic) bond motifs is 2. The molecule has 14 atom stereocenters. The van der Waals surface area contributed by atoms with E-state index in [2.05, 4.69) is 45.7 Å². The Morgan fingerprint density at radius 3 is 1.38 bits per heavy atom. The molecule has 546 valence electrons. The number of anilines is 4. The number of sulfone groups is 2. The molecule has 0 saturated carbocycles. The van der Waals surface area contributed by atoms with Crippen molar-refractivity contribution >= 4 is 70.2 Å². The Hall–Kier alpha value is -4.89. The van der Waals surface area contributed by atoms with Gasteiger partial charge in [0.25, 0.3) is 0 Å². The van der Waals surface area contributed by atoms with E-state index >= 15 is 0 Å². The molecule has 24 nitrogen and oxygen atoms in total. The van der Waals surface area contributed by atoms with Gasteiger partial charge in [-0.3, -0.25) is 9.59 Å². The Morgan fingerprint density at radius 1 is 0.588 bits per heavy atom. The molecular formula is C70H110BrN6O18S2+. The summed E-state index contributed by atoms with van der Waals surface area (Å²) in [5.41, 5.74) is 8.84. The second-order valence-corrected chi connectivity index (χ2v) is 30.8. The Kier molecular flexibility index (Phi) is 34.8. The molecule has 2 amide bonds. The number of nitrogens with two attached hydrogens (primary N) is 1. The highest BCUT2D eigenvalue weighted by atomic mass is 79.9. The largest absolute Gasteiger partial charge is 0.394 e. The van der Waals surface area contributed by atoms with Crippen molar-refractivity contribution < 1.29 is 87.7 Å². The van der Waals surface area contributed by atoms with E-state index in [9.17, 15) is 57.1 Å². The third-order valence-electron chi connectivity index (χ3n) is 18.7. The monoisotopic (exact) mass is 1470 g/mol. The maximum atomic E-state index is 13.9. The molecule has 2 aliphatic heterocycles. The minimum absolute atomic E-state index is 0.0550. The van der Waals surface area contributed by atoms with Crippen molar-refractivity contribution in [1.82, 2.24) is 5.32 Å². The maximum absolute atomic E-state index is 13.9. The standard InChI is InChI=1S/C35H55N3O9S.C29H39BrN2O4S.C6H15NO5/c1-5-7-16-35(6-2)22-48(46,47)29-15-14-25(38(3)4)19-26(29)31(34(35)45)23-11-10-12-24(18-23)37-30(42)13-8-9-17-36-20-27(40)32(43)33(44)28(41)21-39;1-5-7-16-29(6-2)20-37(35,36)25-15-14-23(32(3)4)19-24(25)27(28(29)34)21-11-10-12-22(18-21)31-26(33)13-8-9-17-30;7-1-3(9)5(11)6(12)4(10)2-8/h10-12,14-15,18-19,27-28,31-34,36,39-41,43-45H,5-9,13,16-17,20-22H2,1-4H3,(H,37,42);10-12,14-15,18-19,27-28,34H,1,5-9,13,16-17,20H2,2-4H3;3-6,8-12H,1-2,7H2/p+1/t27-,28+,31+,32+,33+,34+,35-;27-,28-,29+;3-,4+,5+,6+/m010/s1. The lowest BCUT2D eigenvalue weighted by Gasteiger charge is -2.39. The number of nitrogens with zero attached hydrogens (tertiary/aromatic N) is 2. The third-order valence-corrected chi connectivity index (χ3v) is 23.2. The lowest BCUT2D eigenvalue weighted by atomic mass is 9.69. The van der Waals surface area contributed by atoms with Crippen molar-refractivity contribution in [2.24, 2.45) is 16.6 Å². The highest BCUT2D eigenvalue weighted by molar-refractivity contribution is 9.09. The number of carbonyl (C=O) groups excluding carboxylic acids is 2. The summed E-state index contributed by atoms with van der Waals surface area (Å²) in [6.45, 7) is 8.63. The van der Waals surface area contributed by atoms with Crippen molar-refractivity contribution in [2.45, 2.75) is 193 Å². The number of carbonyl (C=O) groups is 2. The second kappa shape index (κ2) is 39.9. The van der Waals surface area contributed by atoms with Gasteiger partial charge in [0.15, 0.2) is 19.7 Å². The predicted molar refractivity (Wildman–Crippen MR) is 381 cm³/mol. The Balaban J connectivity index is 0.000000360. The SMILES string of the molecule is CCCC[C@@]1(CC)CS(=O)(=O)c2ccc(N(C)C)cc2[C@@H](c2cccc(NC(=O)CCCCNC[C@H](O)[C@@H](O)[C@H](O)[C@H](O)CO)c2)[C@H]1O.NC[C@H](O)[C@@H](O)[C@H](O)[C@H](O)CO.[CH2+]CCC[C@@]1(CC)CS(=O)(=O)c2ccc(N(C)C)cc2[C@@H](c2cccc(NC(=O)CCCCBr)c2)[C@H]1O. The van der Waals surface area contributed by atoms with Gasteiger partial charge in [0.05, 0.1) is 72.3 Å². The zero-order chi connectivity index (χ0) is 72.6. The Bertz CT molecular complexity index is 3290. The summed E-state index contributed by atoms with van der Waals surface area (Å²) >= 11 is 3.39. The summed E-state index contributed by atoms with van der Waals surface area (Å²) in [6, 6.07) is 25.4. The van der Waals surface area contributed by atoms with Gasteiger partial charge < -0.3 is 92.8 Å². The van der Waals surface area contributed by atoms with E-state index in [0.717, 1.165) is 54.4 Å². The zero-order valence-electron chi connectivity index (χ0n) is 57.3. The predicted octanol–water partition coefficient (Wildman–Crippen LogP) is 4.07. The molecule has 27 heteroatoms. The number of hydrogen-bond donors (Lipinski definition) is 16. The Labute approximate surface area is 582 Å². The average molecular weight is 1470 g/mol. The first kappa shape index (κ1) is 84.5. The molecule has 4 aromatic rings. The molecule has 2 heterocycles. The smallest absolute Gasteiger partial charge is 0.224 e. The van der Waals surface area contributed by atoms with Crippen LogP contribution in [0.5, 0.6) is 0 Å². The number of benzene rings is 4. The molecular weight excluding hydrogens is 1360 g/mol. The van der Waals surface area contributed by atoms with Gasteiger partial charge in [0, 0.05) is 105 Å². The number of amides is 2. The first-order chi connectivity index (χ1) is 45.8. The molecule has 4 aromatic carbocycles. The first-order valence-electron chi connectivity index (χ1n) is 33.5. The van der Waals surface area contributed by atoms with Crippen LogP contribution >= 0.6 is 15.9 Å². The minimum Gasteiger partial charge on any atom is -0.394 e. The second-order valence-electron chi connectivity index (χ2n) is 26.1. The molecule has 0 spiro atoms. The molecule has 0 bridgehead atoms. The highest BCUT2D eigenvalue weighted by Gasteiger charge is 2.51. The normalized spacial score (nSPS) is 22.6. The van der Waals surface area contributed by atoms with E-state index in [1.165, 1.54) is 0 Å². The fourth-order valence-corrected chi connectivity index (χ4v) is 17.5. The van der Waals surface area contributed by atoms with Crippen LogP contribution in [0.4, 0.5) is 22.7 Å². The number of unbranched alkanes of at least 4 members (excludes halogenated alkanes) is 4. The summed E-state index contributed by atoms with van der Waals surface area (Å²) in [7, 11) is 0.211. The van der Waals surface area contributed by atoms with Crippen molar-refractivity contribution in [3.63, 3.8) is 0 Å². The number of rotatable bonds is 34. The average Bonchev–Trinajstić information content (AvgIpc) is 1.62. The van der Waals surface area contributed by atoms with E-state index in [1.54, 1.807) is 30.3 Å². The van der Waals surface area contributed by atoms with Gasteiger partial charge in [-0.05, 0) is 147 Å². The topological polar surface area (TPSA) is 414 Å². The number of aliphatic hydroxyl groups is 12. The molecule has 17 N–H and O–H groups in total. The number of hydrogen-bond acceptors (Lipinski definition) is 22. The minimum atomic E-state index is -3.72. The van der Waals surface area contributed by atoms with Crippen molar-refractivity contribution in [2.75, 3.05) is 98.3 Å². The van der Waals surface area contributed by atoms with Gasteiger partial charge in [-0.2, -0.15) is 0 Å². The Morgan fingerprint density at radius 2 is 1.00 bits per heavy atom. The van der Waals surface area contributed by atoms with Gasteiger partial charge >= 0.3 is 0 Å². The van der Waals surface area contributed by atoms with Crippen LogP contribution in [0.3, 0.4) is 0 Å². The molecule has 0 unspecified atom stereocenters. The molecule has 0 saturated heterocycles. The van der Waals surface area contributed by atoms with Crippen LogP contribution in [-0.2, 0) is 29.3 Å². The van der Waals surface area contributed by atoms with Gasteiger partial charge in [-0.1, -0.05) is 73.8 Å². The fraction of sp³-hybridized carbons (Fsp3) is 0.614. The van der Waals surface area contributed by atoms with Crippen molar-refractivity contribution in [3.8, 4) is 0 Å². The number of nitrogens with one attached hydrogen (secondary N) is 3. The van der Waals surface area contributed by atoms with E-state index in [4.69, 9.17) is 36.4 Å². The third kappa shape index (κ3) is 23.1. The molecule has 2 aliphatic rings. The van der Waals surface area contributed by atoms with Crippen LogP contribution in [0.1, 0.15) is 145 Å². The lowest BCUT2D eigenvalue weighted by Crippen LogP contribution is -2.49. The van der Waals surface area contributed by atoms with Crippen LogP contribution in [-0.4, -0.2) is 229 Å². The zero-order valence-corrected chi connectivity index (χ0v) is 60.5. The molecule has 0 radical (unpaired) electrons. The van der Waals surface area contributed by atoms with E-state index in [0.29, 0.717) is 86.0 Å². The van der Waals surface area contributed by atoms with E-state index < -0.39 is 117 Å². The molecule has 6 rings (SSSR count). The van der Waals surface area contributed by atoms with Gasteiger partial charge in [0.2, 0.25) is 11.8 Å². The number of alkyl halides is 1. The lowest BCUT2D eigenvalue weighted by molar-refractivity contribution is -0.117. The van der Waals surface area contributed by atoms with Gasteiger partial charge in [0.1, 0.15) is 36.6 Å². The van der Waals surface area contributed by atoms with Crippen LogP contribution in [0.25, 0.3) is 0 Å². The molecule has 0 aliphatic carbocycles. The summed E-state index contributed by atoms with van der Waals surface area (Å²) in [6.07, 6.45) is -5.35. The van der Waals surface area contributed by atoms with Gasteiger partial charge in [-0.15, -0.1) is 0 Å². The molecule has 0 aromatic heterocycles. The summed E-state index contributed by atoms with van der Waals surface area (Å²) in [5, 5.41) is 126. The van der Waals surface area contributed by atoms with Crippen molar-refractivity contribution in [1.29, 1.82) is 0 Å².